The van der Waals surface area contributed by atoms with E-state index in [1.807, 2.05) is 30.0 Å². The highest BCUT2D eigenvalue weighted by atomic mass is 16.5. The highest BCUT2D eigenvalue weighted by molar-refractivity contribution is 6.09. The zero-order valence-corrected chi connectivity index (χ0v) is 17.3. The van der Waals surface area contributed by atoms with Gasteiger partial charge < -0.3 is 14.6 Å². The van der Waals surface area contributed by atoms with E-state index in [2.05, 4.69) is 45.2 Å². The highest BCUT2D eigenvalue weighted by Gasteiger charge is 2.44. The molecular weight excluding hydrogens is 376 g/mol. The van der Waals surface area contributed by atoms with Crippen LogP contribution in [0.15, 0.2) is 66.2 Å². The minimum atomic E-state index is -0.0515. The molecular formula is C24H26N4O2. The van der Waals surface area contributed by atoms with Crippen LogP contribution in [0.1, 0.15) is 19.8 Å². The molecule has 1 amide bonds. The molecule has 30 heavy (non-hydrogen) atoms. The molecule has 1 atom stereocenters. The number of carbonyl (C=O) groups is 1. The fourth-order valence-electron chi connectivity index (χ4n) is 5.01. The van der Waals surface area contributed by atoms with Crippen molar-refractivity contribution in [2.45, 2.75) is 25.8 Å². The van der Waals surface area contributed by atoms with E-state index in [0.717, 1.165) is 48.2 Å². The second kappa shape index (κ2) is 7.52. The van der Waals surface area contributed by atoms with Gasteiger partial charge in [0.05, 0.1) is 30.5 Å². The van der Waals surface area contributed by atoms with E-state index in [9.17, 15) is 4.79 Å². The Kier molecular flexibility index (Phi) is 4.69. The molecule has 2 aromatic carbocycles. The molecule has 0 aliphatic carbocycles. The van der Waals surface area contributed by atoms with Crippen molar-refractivity contribution in [2.75, 3.05) is 30.0 Å². The molecule has 0 saturated carbocycles. The number of H-pyrrole nitrogens is 1. The van der Waals surface area contributed by atoms with E-state index in [-0.39, 0.29) is 11.9 Å². The summed E-state index contributed by atoms with van der Waals surface area (Å²) in [6.45, 7) is 4.02. The number of anilines is 2. The number of hydrogen-bond donors (Lipinski definition) is 1. The Morgan fingerprint density at radius 1 is 1.07 bits per heavy atom. The second-order valence-electron chi connectivity index (χ2n) is 8.10. The monoisotopic (exact) mass is 402 g/mol. The van der Waals surface area contributed by atoms with Gasteiger partial charge in [-0.2, -0.15) is 0 Å². The lowest BCUT2D eigenvalue weighted by molar-refractivity contribution is -0.117. The van der Waals surface area contributed by atoms with Crippen LogP contribution in [0, 0.1) is 5.92 Å². The number of carbonyl (C=O) groups excluding carboxylic acids is 1. The van der Waals surface area contributed by atoms with Gasteiger partial charge in [0.1, 0.15) is 0 Å². The maximum atomic E-state index is 13.3. The molecule has 2 aliphatic rings. The quantitative estimate of drug-likeness (QED) is 0.713. The topological polar surface area (TPSA) is 61.5 Å². The van der Waals surface area contributed by atoms with E-state index in [4.69, 9.17) is 4.74 Å². The first kappa shape index (κ1) is 18.7. The molecule has 5 rings (SSSR count). The van der Waals surface area contributed by atoms with Crippen LogP contribution in [0.3, 0.4) is 0 Å². The SMILES string of the molecule is COC1=C(C)C(C2CCN(c3ccccc3)CC2)N(c2ccc3nc[nH]c3c2)C1=O. The van der Waals surface area contributed by atoms with E-state index in [1.54, 1.807) is 13.4 Å². The molecule has 6 heteroatoms. The number of benzene rings is 2. The Balaban J connectivity index is 1.43. The number of aromatic nitrogens is 2. The number of piperidine rings is 1. The first-order chi connectivity index (χ1) is 14.7. The minimum Gasteiger partial charge on any atom is -0.491 e. The van der Waals surface area contributed by atoms with Crippen molar-refractivity contribution < 1.29 is 9.53 Å². The fraction of sp³-hybridized carbons (Fsp3) is 0.333. The smallest absolute Gasteiger partial charge is 0.293 e. The summed E-state index contributed by atoms with van der Waals surface area (Å²) in [5.74, 6) is 0.818. The molecule has 0 radical (unpaired) electrons. The summed E-state index contributed by atoms with van der Waals surface area (Å²) in [6.07, 6.45) is 3.75. The molecule has 6 nitrogen and oxygen atoms in total. The largest absolute Gasteiger partial charge is 0.491 e. The summed E-state index contributed by atoms with van der Waals surface area (Å²) in [5.41, 5.74) is 5.02. The Morgan fingerprint density at radius 2 is 1.83 bits per heavy atom. The minimum absolute atomic E-state index is 0.0192. The van der Waals surface area contributed by atoms with Gasteiger partial charge in [-0.05, 0) is 61.6 Å². The summed E-state index contributed by atoms with van der Waals surface area (Å²) < 4.78 is 5.53. The Labute approximate surface area is 176 Å². The molecule has 2 aliphatic heterocycles. The molecule has 3 heterocycles. The highest BCUT2D eigenvalue weighted by Crippen LogP contribution is 2.39. The Morgan fingerprint density at radius 3 is 2.57 bits per heavy atom. The van der Waals surface area contributed by atoms with Gasteiger partial charge in [-0.1, -0.05) is 18.2 Å². The van der Waals surface area contributed by atoms with Crippen LogP contribution in [-0.2, 0) is 9.53 Å². The maximum absolute atomic E-state index is 13.3. The number of aromatic amines is 1. The number of amides is 1. The van der Waals surface area contributed by atoms with Crippen molar-refractivity contribution in [3.05, 3.63) is 66.2 Å². The van der Waals surface area contributed by atoms with Gasteiger partial charge in [0.25, 0.3) is 5.91 Å². The fourth-order valence-corrected chi connectivity index (χ4v) is 5.01. The Hall–Kier alpha value is -3.28. The van der Waals surface area contributed by atoms with Crippen LogP contribution < -0.4 is 9.80 Å². The number of hydrogen-bond acceptors (Lipinski definition) is 4. The third-order valence-electron chi connectivity index (χ3n) is 6.49. The van der Waals surface area contributed by atoms with Gasteiger partial charge in [0.2, 0.25) is 0 Å². The van der Waals surface area contributed by atoms with Crippen molar-refractivity contribution in [1.29, 1.82) is 0 Å². The lowest BCUT2D eigenvalue weighted by atomic mass is 9.85. The number of imidazole rings is 1. The average molecular weight is 402 g/mol. The van der Waals surface area contributed by atoms with Gasteiger partial charge in [0, 0.05) is 24.5 Å². The molecule has 154 valence electrons. The van der Waals surface area contributed by atoms with Crippen LogP contribution in [0.5, 0.6) is 0 Å². The number of fused-ring (bicyclic) bond motifs is 1. The number of nitrogens with zero attached hydrogens (tertiary/aromatic N) is 3. The predicted molar refractivity (Wildman–Crippen MR) is 118 cm³/mol. The molecule has 1 saturated heterocycles. The lowest BCUT2D eigenvalue weighted by Gasteiger charge is -2.39. The predicted octanol–water partition coefficient (Wildman–Crippen LogP) is 4.12. The van der Waals surface area contributed by atoms with Crippen molar-refractivity contribution in [3.8, 4) is 0 Å². The van der Waals surface area contributed by atoms with E-state index >= 15 is 0 Å². The molecule has 0 bridgehead atoms. The average Bonchev–Trinajstić information content (AvgIpc) is 3.35. The Bertz CT molecular complexity index is 1100. The van der Waals surface area contributed by atoms with Gasteiger partial charge in [0.15, 0.2) is 5.76 Å². The third kappa shape index (κ3) is 3.03. The number of nitrogens with one attached hydrogen (secondary N) is 1. The van der Waals surface area contributed by atoms with E-state index in [1.165, 1.54) is 5.69 Å². The molecule has 3 aromatic rings. The standard InChI is InChI=1S/C24H26N4O2/c1-16-22(17-10-12-27(13-11-17)18-6-4-3-5-7-18)28(24(29)23(16)30-2)19-8-9-20-21(14-19)26-15-25-20/h3-9,14-15,17,22H,10-13H2,1-2H3,(H,25,26). The molecule has 1 fully saturated rings. The zero-order valence-electron chi connectivity index (χ0n) is 17.3. The van der Waals surface area contributed by atoms with Crippen LogP contribution in [0.2, 0.25) is 0 Å². The van der Waals surface area contributed by atoms with E-state index in [0.29, 0.717) is 11.7 Å². The van der Waals surface area contributed by atoms with Crippen molar-refractivity contribution >= 4 is 28.3 Å². The normalized spacial score (nSPS) is 20.5. The van der Waals surface area contributed by atoms with Gasteiger partial charge in [-0.15, -0.1) is 0 Å². The van der Waals surface area contributed by atoms with Crippen LogP contribution in [0.4, 0.5) is 11.4 Å². The third-order valence-corrected chi connectivity index (χ3v) is 6.49. The van der Waals surface area contributed by atoms with Gasteiger partial charge in [-0.25, -0.2) is 4.98 Å². The first-order valence-corrected chi connectivity index (χ1v) is 10.5. The van der Waals surface area contributed by atoms with Crippen LogP contribution in [0.25, 0.3) is 11.0 Å². The molecule has 1 unspecified atom stereocenters. The van der Waals surface area contributed by atoms with Crippen molar-refractivity contribution in [1.82, 2.24) is 9.97 Å². The summed E-state index contributed by atoms with van der Waals surface area (Å²) in [4.78, 5) is 25.1. The lowest BCUT2D eigenvalue weighted by Crippen LogP contribution is -2.45. The van der Waals surface area contributed by atoms with Gasteiger partial charge >= 0.3 is 0 Å². The summed E-state index contributed by atoms with van der Waals surface area (Å²) in [7, 11) is 1.59. The van der Waals surface area contributed by atoms with E-state index < -0.39 is 0 Å². The van der Waals surface area contributed by atoms with Crippen molar-refractivity contribution in [2.24, 2.45) is 5.92 Å². The van der Waals surface area contributed by atoms with Crippen LogP contribution in [-0.4, -0.2) is 42.1 Å². The van der Waals surface area contributed by atoms with Crippen molar-refractivity contribution in [3.63, 3.8) is 0 Å². The number of rotatable bonds is 4. The summed E-state index contributed by atoms with van der Waals surface area (Å²) in [6, 6.07) is 16.5. The van der Waals surface area contributed by atoms with Gasteiger partial charge in [-0.3, -0.25) is 9.69 Å². The molecule has 1 N–H and O–H groups in total. The maximum Gasteiger partial charge on any atom is 0.293 e. The summed E-state index contributed by atoms with van der Waals surface area (Å²) >= 11 is 0. The zero-order chi connectivity index (χ0) is 20.7. The molecule has 0 spiro atoms. The molecule has 1 aromatic heterocycles. The second-order valence-corrected chi connectivity index (χ2v) is 8.10. The first-order valence-electron chi connectivity index (χ1n) is 10.5. The summed E-state index contributed by atoms with van der Waals surface area (Å²) in [5, 5.41) is 0. The number of methoxy groups -OCH3 is 1. The number of ether oxygens (including phenoxy) is 1. The van der Waals surface area contributed by atoms with Crippen LogP contribution >= 0.6 is 0 Å². The number of para-hydroxylation sites is 1.